The molecule has 0 bridgehead atoms. The molecule has 0 saturated heterocycles. The molecule has 0 fully saturated rings. The molecule has 0 radical (unpaired) electrons. The summed E-state index contributed by atoms with van der Waals surface area (Å²) in [5.74, 6) is -0.841. The second-order valence-electron chi connectivity index (χ2n) is 24.2. The quantitative estimate of drug-likeness (QED) is 0.0261. The van der Waals surface area contributed by atoms with E-state index in [0.717, 1.165) is 70.6 Å². The van der Waals surface area contributed by atoms with Gasteiger partial charge in [0.25, 0.3) is 0 Å². The molecule has 6 nitrogen and oxygen atoms in total. The summed E-state index contributed by atoms with van der Waals surface area (Å²) in [6.07, 6.45) is 84.7. The van der Waals surface area contributed by atoms with Gasteiger partial charge in [-0.3, -0.25) is 14.4 Å². The Bertz CT molecular complexity index is 1320. The third kappa shape index (κ3) is 66.3. The fourth-order valence-corrected chi connectivity index (χ4v) is 10.8. The van der Waals surface area contributed by atoms with Crippen LogP contribution in [0.3, 0.4) is 0 Å². The van der Waals surface area contributed by atoms with E-state index in [-0.39, 0.29) is 31.1 Å². The SMILES string of the molecule is CCCCCCC/C=C\C/C=C\C/C=C\CCCCCCCCCCCCCCC(=O)OCC(COC(=O)CCCCCCCCCCCC)OC(=O)CCCCCCCCCCCCCCCCCCCCCCCCCC. The Morgan fingerprint density at radius 1 is 0.253 bits per heavy atom. The van der Waals surface area contributed by atoms with Crippen molar-refractivity contribution < 1.29 is 28.6 Å². The maximum absolute atomic E-state index is 12.9. The Kier molecular flexibility index (Phi) is 66.1. The lowest BCUT2D eigenvalue weighted by atomic mass is 10.0. The number of unbranched alkanes of at least 4 members (excludes halogenated alkanes) is 49. The van der Waals surface area contributed by atoms with E-state index in [2.05, 4.69) is 57.2 Å². The van der Waals surface area contributed by atoms with Gasteiger partial charge >= 0.3 is 17.9 Å². The highest BCUT2D eigenvalue weighted by Crippen LogP contribution is 2.19. The molecule has 0 rings (SSSR count). The van der Waals surface area contributed by atoms with Gasteiger partial charge < -0.3 is 14.2 Å². The number of allylic oxidation sites excluding steroid dienone is 6. The maximum Gasteiger partial charge on any atom is 0.306 e. The van der Waals surface area contributed by atoms with E-state index in [4.69, 9.17) is 14.2 Å². The highest BCUT2D eigenvalue weighted by molar-refractivity contribution is 5.71. The molecule has 79 heavy (non-hydrogen) atoms. The first-order valence-electron chi connectivity index (χ1n) is 35.5. The van der Waals surface area contributed by atoms with E-state index in [1.165, 1.54) is 283 Å². The van der Waals surface area contributed by atoms with Crippen LogP contribution in [0.4, 0.5) is 0 Å². The lowest BCUT2D eigenvalue weighted by Gasteiger charge is -2.18. The number of carbonyl (C=O) groups is 3. The highest BCUT2D eigenvalue weighted by atomic mass is 16.6. The van der Waals surface area contributed by atoms with E-state index in [0.29, 0.717) is 19.3 Å². The van der Waals surface area contributed by atoms with E-state index >= 15 is 0 Å². The summed E-state index contributed by atoms with van der Waals surface area (Å²) >= 11 is 0. The summed E-state index contributed by atoms with van der Waals surface area (Å²) in [5.41, 5.74) is 0. The minimum absolute atomic E-state index is 0.0665. The molecule has 0 aromatic heterocycles. The largest absolute Gasteiger partial charge is 0.462 e. The molecular weight excluding hydrogens is 973 g/mol. The van der Waals surface area contributed by atoms with Crippen LogP contribution in [-0.4, -0.2) is 37.2 Å². The summed E-state index contributed by atoms with van der Waals surface area (Å²) in [6.45, 7) is 6.69. The average Bonchev–Trinajstić information content (AvgIpc) is 3.45. The fourth-order valence-electron chi connectivity index (χ4n) is 10.8. The van der Waals surface area contributed by atoms with Gasteiger partial charge in [-0.05, 0) is 57.8 Å². The molecule has 1 atom stereocenters. The van der Waals surface area contributed by atoms with Crippen LogP contribution < -0.4 is 0 Å². The van der Waals surface area contributed by atoms with E-state index in [1.807, 2.05) is 0 Å². The van der Waals surface area contributed by atoms with Crippen LogP contribution >= 0.6 is 0 Å². The van der Waals surface area contributed by atoms with E-state index < -0.39 is 6.10 Å². The molecule has 0 amide bonds. The Morgan fingerprint density at radius 2 is 0.456 bits per heavy atom. The first-order valence-corrected chi connectivity index (χ1v) is 35.5. The summed E-state index contributed by atoms with van der Waals surface area (Å²) in [6, 6.07) is 0. The van der Waals surface area contributed by atoms with Crippen molar-refractivity contribution in [2.75, 3.05) is 13.2 Å². The third-order valence-electron chi connectivity index (χ3n) is 16.1. The lowest BCUT2D eigenvalue weighted by molar-refractivity contribution is -0.167. The second kappa shape index (κ2) is 68.1. The van der Waals surface area contributed by atoms with Gasteiger partial charge in [0.1, 0.15) is 13.2 Å². The zero-order chi connectivity index (χ0) is 57.1. The number of rotatable bonds is 66. The van der Waals surface area contributed by atoms with Crippen molar-refractivity contribution in [1.82, 2.24) is 0 Å². The van der Waals surface area contributed by atoms with Crippen molar-refractivity contribution in [2.45, 2.75) is 399 Å². The summed E-state index contributed by atoms with van der Waals surface area (Å²) in [4.78, 5) is 38.3. The van der Waals surface area contributed by atoms with Gasteiger partial charge in [-0.15, -0.1) is 0 Å². The summed E-state index contributed by atoms with van der Waals surface area (Å²) in [7, 11) is 0. The molecule has 0 aromatic rings. The zero-order valence-corrected chi connectivity index (χ0v) is 53.4. The molecule has 0 aliphatic rings. The number of ether oxygens (including phenoxy) is 3. The van der Waals surface area contributed by atoms with Crippen LogP contribution in [0.2, 0.25) is 0 Å². The number of hydrogen-bond donors (Lipinski definition) is 0. The van der Waals surface area contributed by atoms with Crippen LogP contribution in [0, 0.1) is 0 Å². The Hall–Kier alpha value is -2.37. The molecule has 0 aliphatic carbocycles. The smallest absolute Gasteiger partial charge is 0.306 e. The molecule has 0 spiro atoms. The third-order valence-corrected chi connectivity index (χ3v) is 16.1. The van der Waals surface area contributed by atoms with Crippen LogP contribution in [-0.2, 0) is 28.6 Å². The molecule has 464 valence electrons. The van der Waals surface area contributed by atoms with Crippen molar-refractivity contribution in [2.24, 2.45) is 0 Å². The van der Waals surface area contributed by atoms with Gasteiger partial charge in [0.15, 0.2) is 6.10 Å². The molecule has 0 aromatic carbocycles. The fraction of sp³-hybridized carbons (Fsp3) is 0.877. The lowest BCUT2D eigenvalue weighted by Crippen LogP contribution is -2.30. The van der Waals surface area contributed by atoms with Gasteiger partial charge in [0.05, 0.1) is 0 Å². The topological polar surface area (TPSA) is 78.9 Å². The number of hydrogen-bond acceptors (Lipinski definition) is 6. The predicted octanol–water partition coefficient (Wildman–Crippen LogP) is 24.3. The van der Waals surface area contributed by atoms with Crippen molar-refractivity contribution in [1.29, 1.82) is 0 Å². The summed E-state index contributed by atoms with van der Waals surface area (Å²) < 4.78 is 17.0. The van der Waals surface area contributed by atoms with Gasteiger partial charge in [0, 0.05) is 19.3 Å². The van der Waals surface area contributed by atoms with Gasteiger partial charge in [-0.2, -0.15) is 0 Å². The first kappa shape index (κ1) is 76.6. The Morgan fingerprint density at radius 3 is 0.709 bits per heavy atom. The van der Waals surface area contributed by atoms with Crippen LogP contribution in [0.1, 0.15) is 393 Å². The first-order chi connectivity index (χ1) is 39.0. The minimum atomic E-state index is -0.769. The van der Waals surface area contributed by atoms with Crippen LogP contribution in [0.15, 0.2) is 36.5 Å². The zero-order valence-electron chi connectivity index (χ0n) is 53.4. The minimum Gasteiger partial charge on any atom is -0.462 e. The van der Waals surface area contributed by atoms with E-state index in [9.17, 15) is 14.4 Å². The van der Waals surface area contributed by atoms with Gasteiger partial charge in [-0.1, -0.05) is 353 Å². The molecule has 6 heteroatoms. The number of carbonyl (C=O) groups excluding carboxylic acids is 3. The average molecular weight is 1110 g/mol. The molecule has 0 saturated carbocycles. The molecular formula is C73H136O6. The summed E-state index contributed by atoms with van der Waals surface area (Å²) in [5, 5.41) is 0. The Labute approximate surface area is 493 Å². The van der Waals surface area contributed by atoms with Crippen LogP contribution in [0.25, 0.3) is 0 Å². The van der Waals surface area contributed by atoms with Gasteiger partial charge in [-0.25, -0.2) is 0 Å². The van der Waals surface area contributed by atoms with Crippen molar-refractivity contribution in [3.8, 4) is 0 Å². The monoisotopic (exact) mass is 1110 g/mol. The number of esters is 3. The highest BCUT2D eigenvalue weighted by Gasteiger charge is 2.19. The van der Waals surface area contributed by atoms with Gasteiger partial charge in [0.2, 0.25) is 0 Å². The van der Waals surface area contributed by atoms with E-state index in [1.54, 1.807) is 0 Å². The second-order valence-corrected chi connectivity index (χ2v) is 24.2. The van der Waals surface area contributed by atoms with Crippen molar-refractivity contribution >= 4 is 17.9 Å². The standard InChI is InChI=1S/C73H136O6/c1-4-7-10-13-16-19-22-24-26-28-30-32-34-36-37-38-40-41-43-45-47-49-51-54-57-60-63-66-72(75)78-69-70(68-77-71(74)65-62-59-56-53-21-18-15-12-9-6-3)79-73(76)67-64-61-58-55-52-50-48-46-44-42-39-35-33-31-29-27-25-23-20-17-14-11-8-5-2/h22,24,28,30,34,36,70H,4-21,23,25-27,29,31-33,35,37-69H2,1-3H3/b24-22-,30-28-,36-34-. The molecule has 1 unspecified atom stereocenters. The maximum atomic E-state index is 12.9. The van der Waals surface area contributed by atoms with Crippen LogP contribution in [0.5, 0.6) is 0 Å². The molecule has 0 heterocycles. The van der Waals surface area contributed by atoms with Crippen molar-refractivity contribution in [3.63, 3.8) is 0 Å². The van der Waals surface area contributed by atoms with Crippen molar-refractivity contribution in [3.05, 3.63) is 36.5 Å². The molecule has 0 N–H and O–H groups in total. The normalized spacial score (nSPS) is 12.2. The Balaban J connectivity index is 4.15. The predicted molar refractivity (Wildman–Crippen MR) is 344 cm³/mol. The molecule has 0 aliphatic heterocycles.